The fourth-order valence-electron chi connectivity index (χ4n) is 0.831. The van der Waals surface area contributed by atoms with Gasteiger partial charge in [0.1, 0.15) is 0 Å². The maximum Gasteiger partial charge on any atom is 0.0178 e. The fourth-order valence-corrected chi connectivity index (χ4v) is 1.28. The van der Waals surface area contributed by atoms with Crippen LogP contribution in [0.1, 0.15) is 33.3 Å². The molecule has 0 radical (unpaired) electrons. The molecule has 0 heterocycles. The summed E-state index contributed by atoms with van der Waals surface area (Å²) in [5, 5.41) is 0. The van der Waals surface area contributed by atoms with Gasteiger partial charge < -0.3 is 0 Å². The topological polar surface area (TPSA) is 0 Å². The van der Waals surface area contributed by atoms with E-state index in [4.69, 9.17) is 0 Å². The van der Waals surface area contributed by atoms with Crippen LogP contribution in [0.3, 0.4) is 0 Å². The Kier molecular flexibility index (Phi) is 14.1. The molecule has 0 aliphatic rings. The number of hydrogen-bond donors (Lipinski definition) is 0. The predicted octanol–water partition coefficient (Wildman–Crippen LogP) is 5.23. The smallest absolute Gasteiger partial charge is 0.0178 e. The number of halogens is 1. The highest BCUT2D eigenvalue weighted by Crippen LogP contribution is 2.11. The Morgan fingerprint density at radius 2 is 1.79 bits per heavy atom. The van der Waals surface area contributed by atoms with Gasteiger partial charge in [-0.25, -0.2) is 0 Å². The third kappa shape index (κ3) is 8.06. The first-order chi connectivity index (χ1) is 6.83. The zero-order valence-electron chi connectivity index (χ0n) is 9.68. The van der Waals surface area contributed by atoms with Gasteiger partial charge in [-0.2, -0.15) is 0 Å². The van der Waals surface area contributed by atoms with E-state index in [0.717, 1.165) is 10.9 Å². The van der Waals surface area contributed by atoms with Crippen molar-refractivity contribution in [2.45, 2.75) is 34.1 Å². The lowest BCUT2D eigenvalue weighted by atomic mass is 10.2. The van der Waals surface area contributed by atoms with Crippen LogP contribution in [-0.4, -0.2) is 0 Å². The molecule has 1 aromatic carbocycles. The molecule has 0 nitrogen and oxygen atoms in total. The summed E-state index contributed by atoms with van der Waals surface area (Å²) in [5.74, 6) is 0. The number of hydrogen-bond acceptors (Lipinski definition) is 0. The molecule has 0 N–H and O–H groups in total. The third-order valence-corrected chi connectivity index (χ3v) is 1.76. The first kappa shape index (κ1) is 15.9. The Morgan fingerprint density at radius 3 is 2.21 bits per heavy atom. The van der Waals surface area contributed by atoms with E-state index in [1.165, 1.54) is 5.56 Å². The van der Waals surface area contributed by atoms with Gasteiger partial charge in [0.2, 0.25) is 0 Å². The molecule has 1 rings (SSSR count). The fraction of sp³-hybridized carbons (Fsp3) is 0.385. The number of benzene rings is 1. The molecule has 0 unspecified atom stereocenters. The number of allylic oxidation sites excluding steroid dienone is 1. The Morgan fingerprint density at radius 1 is 1.21 bits per heavy atom. The summed E-state index contributed by atoms with van der Waals surface area (Å²) in [5.41, 5.74) is 1.30. The van der Waals surface area contributed by atoms with Crippen LogP contribution in [0, 0.1) is 0 Å². The van der Waals surface area contributed by atoms with Crippen molar-refractivity contribution in [3.8, 4) is 0 Å². The van der Waals surface area contributed by atoms with Gasteiger partial charge in [0.15, 0.2) is 0 Å². The first-order valence-electron chi connectivity index (χ1n) is 5.18. The van der Waals surface area contributed by atoms with E-state index in [1.54, 1.807) is 0 Å². The van der Waals surface area contributed by atoms with Crippen molar-refractivity contribution in [1.82, 2.24) is 0 Å². The van der Waals surface area contributed by atoms with Gasteiger partial charge in [-0.05, 0) is 24.1 Å². The van der Waals surface area contributed by atoms with E-state index in [1.807, 2.05) is 45.9 Å². The SMILES string of the molecule is C=CCc1cccc(Br)c1.CC.CC. The highest BCUT2D eigenvalue weighted by molar-refractivity contribution is 9.10. The van der Waals surface area contributed by atoms with Crippen molar-refractivity contribution in [1.29, 1.82) is 0 Å². The summed E-state index contributed by atoms with van der Waals surface area (Å²) in [6, 6.07) is 8.24. The molecule has 14 heavy (non-hydrogen) atoms. The summed E-state index contributed by atoms with van der Waals surface area (Å²) >= 11 is 3.40. The monoisotopic (exact) mass is 256 g/mol. The molecule has 80 valence electrons. The van der Waals surface area contributed by atoms with Crippen LogP contribution in [-0.2, 0) is 6.42 Å². The van der Waals surface area contributed by atoms with Crippen LogP contribution in [0.15, 0.2) is 41.4 Å². The lowest BCUT2D eigenvalue weighted by molar-refractivity contribution is 1.27. The van der Waals surface area contributed by atoms with Gasteiger partial charge >= 0.3 is 0 Å². The van der Waals surface area contributed by atoms with Crippen LogP contribution >= 0.6 is 15.9 Å². The molecule has 1 aromatic rings. The van der Waals surface area contributed by atoms with Crippen molar-refractivity contribution in [2.24, 2.45) is 0 Å². The summed E-state index contributed by atoms with van der Waals surface area (Å²) < 4.78 is 1.13. The van der Waals surface area contributed by atoms with Gasteiger partial charge in [-0.15, -0.1) is 6.58 Å². The first-order valence-corrected chi connectivity index (χ1v) is 5.97. The van der Waals surface area contributed by atoms with Crippen LogP contribution in [0.5, 0.6) is 0 Å². The van der Waals surface area contributed by atoms with E-state index in [0.29, 0.717) is 0 Å². The van der Waals surface area contributed by atoms with E-state index >= 15 is 0 Å². The van der Waals surface area contributed by atoms with Crippen molar-refractivity contribution in [3.63, 3.8) is 0 Å². The predicted molar refractivity (Wildman–Crippen MR) is 70.7 cm³/mol. The Hall–Kier alpha value is -0.560. The molecule has 0 saturated carbocycles. The van der Waals surface area contributed by atoms with Crippen molar-refractivity contribution >= 4 is 15.9 Å². The number of rotatable bonds is 2. The largest absolute Gasteiger partial charge is 0.103 e. The normalized spacial score (nSPS) is 7.50. The van der Waals surface area contributed by atoms with Crippen LogP contribution in [0.2, 0.25) is 0 Å². The molecule has 1 heteroatoms. The van der Waals surface area contributed by atoms with Crippen LogP contribution in [0.4, 0.5) is 0 Å². The molecule has 0 bridgehead atoms. The minimum Gasteiger partial charge on any atom is -0.103 e. The Bertz CT molecular complexity index is 228. The third-order valence-electron chi connectivity index (χ3n) is 1.27. The standard InChI is InChI=1S/C9H9Br.2C2H6/c1-2-4-8-5-3-6-9(10)7-8;2*1-2/h2-3,5-7H,1,4H2;2*1-2H3. The lowest BCUT2D eigenvalue weighted by Crippen LogP contribution is -1.77. The minimum absolute atomic E-state index is 0.944. The Balaban J connectivity index is 0. The molecule has 0 aliphatic carbocycles. The minimum atomic E-state index is 0.944. The molecule has 0 spiro atoms. The summed E-state index contributed by atoms with van der Waals surface area (Å²) in [6.45, 7) is 11.7. The van der Waals surface area contributed by atoms with E-state index in [2.05, 4.69) is 34.6 Å². The summed E-state index contributed by atoms with van der Waals surface area (Å²) in [4.78, 5) is 0. The molecule has 0 aromatic heterocycles. The zero-order chi connectivity index (χ0) is 11.4. The quantitative estimate of drug-likeness (QED) is 0.636. The van der Waals surface area contributed by atoms with Gasteiger partial charge in [-0.1, -0.05) is 61.8 Å². The molecular weight excluding hydrogens is 236 g/mol. The average Bonchev–Trinajstić information content (AvgIpc) is 2.24. The van der Waals surface area contributed by atoms with E-state index in [-0.39, 0.29) is 0 Å². The van der Waals surface area contributed by atoms with Gasteiger partial charge in [0.05, 0.1) is 0 Å². The van der Waals surface area contributed by atoms with E-state index < -0.39 is 0 Å². The average molecular weight is 257 g/mol. The zero-order valence-corrected chi connectivity index (χ0v) is 11.3. The summed E-state index contributed by atoms with van der Waals surface area (Å²) in [6.07, 6.45) is 2.85. The van der Waals surface area contributed by atoms with Crippen molar-refractivity contribution in [3.05, 3.63) is 47.0 Å². The lowest BCUT2D eigenvalue weighted by Gasteiger charge is -1.95. The van der Waals surface area contributed by atoms with Crippen molar-refractivity contribution in [2.75, 3.05) is 0 Å². The maximum atomic E-state index is 3.67. The highest BCUT2D eigenvalue weighted by Gasteiger charge is 1.88. The summed E-state index contributed by atoms with van der Waals surface area (Å²) in [7, 11) is 0. The molecule has 0 aliphatic heterocycles. The molecule has 0 amide bonds. The van der Waals surface area contributed by atoms with Gasteiger partial charge in [0.25, 0.3) is 0 Å². The second-order valence-corrected chi connectivity index (χ2v) is 3.04. The van der Waals surface area contributed by atoms with Crippen molar-refractivity contribution < 1.29 is 0 Å². The van der Waals surface area contributed by atoms with Gasteiger partial charge in [0, 0.05) is 4.47 Å². The molecule has 0 fully saturated rings. The van der Waals surface area contributed by atoms with Gasteiger partial charge in [-0.3, -0.25) is 0 Å². The van der Waals surface area contributed by atoms with Crippen LogP contribution < -0.4 is 0 Å². The Labute approximate surface area is 97.2 Å². The van der Waals surface area contributed by atoms with E-state index in [9.17, 15) is 0 Å². The molecule has 0 saturated heterocycles. The highest BCUT2D eigenvalue weighted by atomic mass is 79.9. The second-order valence-electron chi connectivity index (χ2n) is 2.12. The molecule has 0 atom stereocenters. The second kappa shape index (κ2) is 12.4. The molecular formula is C13H21Br. The maximum absolute atomic E-state index is 3.67. The van der Waals surface area contributed by atoms with Crippen LogP contribution in [0.25, 0.3) is 0 Å².